The Bertz CT molecular complexity index is 614. The van der Waals surface area contributed by atoms with Crippen molar-refractivity contribution in [2.75, 3.05) is 31.1 Å². The van der Waals surface area contributed by atoms with Gasteiger partial charge in [0.15, 0.2) is 5.78 Å². The van der Waals surface area contributed by atoms with E-state index in [-0.39, 0.29) is 5.78 Å². The Morgan fingerprint density at radius 2 is 2.10 bits per heavy atom. The van der Waals surface area contributed by atoms with Crippen molar-refractivity contribution in [1.29, 1.82) is 0 Å². The summed E-state index contributed by atoms with van der Waals surface area (Å²) in [5.41, 5.74) is 1.65. The molecule has 4 nitrogen and oxygen atoms in total. The van der Waals surface area contributed by atoms with Gasteiger partial charge in [-0.1, -0.05) is 12.1 Å². The zero-order valence-electron chi connectivity index (χ0n) is 12.5. The van der Waals surface area contributed by atoms with Crippen LogP contribution in [0.3, 0.4) is 0 Å². The molecule has 0 aliphatic heterocycles. The predicted molar refractivity (Wildman–Crippen MR) is 85.9 cm³/mol. The van der Waals surface area contributed by atoms with E-state index in [9.17, 15) is 4.79 Å². The van der Waals surface area contributed by atoms with E-state index < -0.39 is 10.0 Å². The second kappa shape index (κ2) is 5.97. The number of ketones is 1. The molecule has 0 unspecified atom stereocenters. The van der Waals surface area contributed by atoms with Crippen LogP contribution in [0, 0.1) is 0 Å². The van der Waals surface area contributed by atoms with Crippen LogP contribution in [0.25, 0.3) is 10.9 Å². The molecular weight excluding hydrogens is 272 g/mol. The number of hydrogen-bond acceptors (Lipinski definition) is 3. The summed E-state index contributed by atoms with van der Waals surface area (Å²) in [4.78, 5) is 11.4. The first-order chi connectivity index (χ1) is 9.37. The third kappa shape index (κ3) is 3.84. The summed E-state index contributed by atoms with van der Waals surface area (Å²) in [6.07, 6.45) is 8.63. The van der Waals surface area contributed by atoms with Gasteiger partial charge in [-0.25, -0.2) is 14.7 Å². The van der Waals surface area contributed by atoms with E-state index in [0.29, 0.717) is 12.3 Å². The molecule has 0 bridgehead atoms. The highest BCUT2D eigenvalue weighted by Crippen LogP contribution is 2.33. The summed E-state index contributed by atoms with van der Waals surface area (Å²) in [5, 5.41) is 5.34. The third-order valence-electron chi connectivity index (χ3n) is 3.10. The van der Waals surface area contributed by atoms with E-state index in [2.05, 4.69) is 23.9 Å². The Morgan fingerprint density at radius 1 is 1.35 bits per heavy atom. The average molecular weight is 294 g/mol. The van der Waals surface area contributed by atoms with Crippen LogP contribution in [0.5, 0.6) is 0 Å². The Kier molecular flexibility index (Phi) is 4.50. The fourth-order valence-corrected chi connectivity index (χ4v) is 2.47. The molecule has 0 spiro atoms. The molecule has 1 aromatic carbocycles. The molecule has 2 rings (SSSR count). The molecule has 0 aliphatic rings. The van der Waals surface area contributed by atoms with E-state index in [0.717, 1.165) is 23.3 Å². The fraction of sp³-hybridized carbons (Fsp3) is 0.467. The van der Waals surface area contributed by atoms with Gasteiger partial charge in [-0.3, -0.25) is 4.79 Å². The van der Waals surface area contributed by atoms with Gasteiger partial charge in [-0.15, -0.1) is 0 Å². The van der Waals surface area contributed by atoms with Crippen molar-refractivity contribution in [3.63, 3.8) is 0 Å². The number of carbonyl (C=O) groups is 1. The van der Waals surface area contributed by atoms with Gasteiger partial charge in [-0.2, -0.15) is 5.10 Å². The largest absolute Gasteiger partial charge is 0.358 e. The molecule has 110 valence electrons. The average Bonchev–Trinajstić information content (AvgIpc) is 2.76. The van der Waals surface area contributed by atoms with Gasteiger partial charge in [-0.05, 0) is 31.8 Å². The molecule has 1 aromatic heterocycles. The fourth-order valence-electron chi connectivity index (χ4n) is 1.85. The minimum Gasteiger partial charge on any atom is -0.358 e. The molecule has 2 aromatic rings. The van der Waals surface area contributed by atoms with E-state index in [1.165, 1.54) is 0 Å². The smallest absolute Gasteiger partial charge is 0.159 e. The number of benzene rings is 1. The van der Waals surface area contributed by atoms with Crippen LogP contribution in [0.1, 0.15) is 17.3 Å². The number of aromatic nitrogens is 2. The van der Waals surface area contributed by atoms with Crippen molar-refractivity contribution in [1.82, 2.24) is 9.78 Å². The van der Waals surface area contributed by atoms with Crippen molar-refractivity contribution in [2.24, 2.45) is 0 Å². The summed E-state index contributed by atoms with van der Waals surface area (Å²) in [7, 11) is -0.525. The quantitative estimate of drug-likeness (QED) is 0.608. The van der Waals surface area contributed by atoms with Gasteiger partial charge < -0.3 is 4.74 Å². The monoisotopic (exact) mass is 294 g/mol. The van der Waals surface area contributed by atoms with Crippen LogP contribution in [-0.4, -0.2) is 46.7 Å². The first kappa shape index (κ1) is 15.1. The standard InChI is InChI=1S/C15H22N2O2S/c1-12(18)13-5-6-14-10-16-17(15(14)9-13)11-19-7-8-20(2,3)4/h5-6,9-10H,7-8,11H2,1-4H3. The first-order valence-corrected chi connectivity index (χ1v) is 9.60. The van der Waals surface area contributed by atoms with Gasteiger partial charge in [0.2, 0.25) is 0 Å². The number of Topliss-reactive ketones (excluding diaryl/α,β-unsaturated/α-hetero) is 1. The van der Waals surface area contributed by atoms with E-state index in [1.54, 1.807) is 17.8 Å². The molecule has 0 aliphatic carbocycles. The van der Waals surface area contributed by atoms with E-state index in [4.69, 9.17) is 4.74 Å². The topological polar surface area (TPSA) is 44.1 Å². The van der Waals surface area contributed by atoms with E-state index in [1.807, 2.05) is 18.2 Å². The lowest BCUT2D eigenvalue weighted by Crippen LogP contribution is -2.10. The lowest BCUT2D eigenvalue weighted by molar-refractivity contribution is 0.0840. The summed E-state index contributed by atoms with van der Waals surface area (Å²) >= 11 is 0. The summed E-state index contributed by atoms with van der Waals surface area (Å²) in [5.74, 6) is 1.15. The van der Waals surface area contributed by atoms with Crippen molar-refractivity contribution in [3.05, 3.63) is 30.0 Å². The molecule has 20 heavy (non-hydrogen) atoms. The van der Waals surface area contributed by atoms with E-state index >= 15 is 0 Å². The van der Waals surface area contributed by atoms with Crippen LogP contribution < -0.4 is 0 Å². The number of rotatable bonds is 6. The molecule has 0 saturated carbocycles. The van der Waals surface area contributed by atoms with Crippen LogP contribution >= 0.6 is 10.0 Å². The maximum absolute atomic E-state index is 11.4. The lowest BCUT2D eigenvalue weighted by atomic mass is 10.1. The zero-order chi connectivity index (χ0) is 14.8. The SMILES string of the molecule is CC(=O)c1ccc2cnn(COCCS(C)(C)C)c2c1. The Morgan fingerprint density at radius 3 is 2.75 bits per heavy atom. The second-order valence-corrected chi connectivity index (χ2v) is 10.4. The molecule has 0 amide bonds. The third-order valence-corrected chi connectivity index (χ3v) is 4.50. The molecule has 0 radical (unpaired) electrons. The van der Waals surface area contributed by atoms with Gasteiger partial charge in [0.05, 0.1) is 18.3 Å². The number of ether oxygens (including phenoxy) is 1. The normalized spacial score (nSPS) is 12.8. The Hall–Kier alpha value is -1.33. The van der Waals surface area contributed by atoms with Crippen molar-refractivity contribution >= 4 is 26.7 Å². The maximum atomic E-state index is 11.4. The molecule has 0 saturated heterocycles. The molecule has 0 fully saturated rings. The highest BCUT2D eigenvalue weighted by molar-refractivity contribution is 8.32. The molecular formula is C15H22N2O2S. The zero-order valence-corrected chi connectivity index (χ0v) is 13.4. The molecule has 1 heterocycles. The second-order valence-electron chi connectivity index (χ2n) is 5.81. The highest BCUT2D eigenvalue weighted by Gasteiger charge is 2.07. The van der Waals surface area contributed by atoms with Crippen LogP contribution in [0.2, 0.25) is 0 Å². The summed E-state index contributed by atoms with van der Waals surface area (Å²) in [6.45, 7) is 2.75. The van der Waals surface area contributed by atoms with Crippen LogP contribution in [-0.2, 0) is 11.5 Å². The van der Waals surface area contributed by atoms with Gasteiger partial charge in [0, 0.05) is 16.7 Å². The van der Waals surface area contributed by atoms with Gasteiger partial charge in [0.25, 0.3) is 0 Å². The Labute approximate surface area is 121 Å². The predicted octanol–water partition coefficient (Wildman–Crippen LogP) is 2.91. The number of hydrogen-bond donors (Lipinski definition) is 0. The molecule has 5 heteroatoms. The van der Waals surface area contributed by atoms with Crippen molar-refractivity contribution in [2.45, 2.75) is 13.7 Å². The minimum absolute atomic E-state index is 0.0666. The molecule has 0 N–H and O–H groups in total. The maximum Gasteiger partial charge on any atom is 0.159 e. The van der Waals surface area contributed by atoms with Crippen LogP contribution in [0.4, 0.5) is 0 Å². The van der Waals surface area contributed by atoms with Gasteiger partial charge >= 0.3 is 0 Å². The van der Waals surface area contributed by atoms with Crippen molar-refractivity contribution < 1.29 is 9.53 Å². The van der Waals surface area contributed by atoms with Gasteiger partial charge in [0.1, 0.15) is 6.73 Å². The van der Waals surface area contributed by atoms with Crippen LogP contribution in [0.15, 0.2) is 24.4 Å². The lowest BCUT2D eigenvalue weighted by Gasteiger charge is -2.24. The summed E-state index contributed by atoms with van der Waals surface area (Å²) in [6, 6.07) is 5.64. The Balaban J connectivity index is 2.06. The highest BCUT2D eigenvalue weighted by atomic mass is 32.3. The molecule has 0 atom stereocenters. The minimum atomic E-state index is -0.525. The number of nitrogens with zero attached hydrogens (tertiary/aromatic N) is 2. The first-order valence-electron chi connectivity index (χ1n) is 6.57. The summed E-state index contributed by atoms with van der Waals surface area (Å²) < 4.78 is 7.50. The number of fused-ring (bicyclic) bond motifs is 1. The van der Waals surface area contributed by atoms with Crippen molar-refractivity contribution in [3.8, 4) is 0 Å². The number of carbonyl (C=O) groups excluding carboxylic acids is 1.